The van der Waals surface area contributed by atoms with Crippen LogP contribution in [0.5, 0.6) is 11.5 Å². The lowest BCUT2D eigenvalue weighted by Gasteiger charge is -2.44. The van der Waals surface area contributed by atoms with Crippen LogP contribution in [0.1, 0.15) is 49.2 Å². The Labute approximate surface area is 233 Å². The Kier molecular flexibility index (Phi) is 8.05. The van der Waals surface area contributed by atoms with Crippen LogP contribution in [0.4, 0.5) is 0 Å². The highest BCUT2D eigenvalue weighted by Crippen LogP contribution is 2.34. The topological polar surface area (TPSA) is 81.5 Å². The number of hydrogen-bond donors (Lipinski definition) is 0. The number of benzene rings is 2. The Morgan fingerprint density at radius 2 is 1.92 bits per heavy atom. The lowest BCUT2D eigenvalue weighted by molar-refractivity contribution is -0.172. The Balaban J connectivity index is 1.42. The molecule has 8 nitrogen and oxygen atoms in total. The summed E-state index contributed by atoms with van der Waals surface area (Å²) in [6.45, 7) is 5.56. The SMILES string of the molecule is COc1cc(Cl)cc2cc(C(=O)N3CCOC4(CCCCc5ccccc5OCCN(C(C)C)C4=O)C3)oc12. The van der Waals surface area contributed by atoms with Crippen LogP contribution in [-0.2, 0) is 16.0 Å². The summed E-state index contributed by atoms with van der Waals surface area (Å²) in [4.78, 5) is 31.3. The number of ether oxygens (including phenoxy) is 3. The van der Waals surface area contributed by atoms with Crippen molar-refractivity contribution < 1.29 is 28.2 Å². The molecule has 2 aromatic carbocycles. The number of fused-ring (bicyclic) bond motifs is 2. The van der Waals surface area contributed by atoms with Crippen molar-refractivity contribution in [1.82, 2.24) is 9.80 Å². The molecule has 3 aromatic rings. The Morgan fingerprint density at radius 3 is 2.72 bits per heavy atom. The first-order valence-electron chi connectivity index (χ1n) is 13.5. The first kappa shape index (κ1) is 27.3. The van der Waals surface area contributed by atoms with Crippen molar-refractivity contribution in [3.63, 3.8) is 0 Å². The third-order valence-electron chi connectivity index (χ3n) is 7.56. The fourth-order valence-electron chi connectivity index (χ4n) is 5.53. The number of nitrogens with zero attached hydrogens (tertiary/aromatic N) is 2. The second kappa shape index (κ2) is 11.5. The standard InChI is InChI=1S/C30H35ClN2O6/c1-20(2)33-13-14-37-24-10-5-4-8-21(24)9-6-7-11-30(29(33)35)19-32(12-15-38-30)28(34)26-17-22-16-23(31)18-25(36-3)27(22)39-26/h4-5,8,10,16-18,20H,6-7,9,11-15,19H2,1-3H3. The Morgan fingerprint density at radius 1 is 1.10 bits per heavy atom. The van der Waals surface area contributed by atoms with Crippen LogP contribution in [0, 0.1) is 0 Å². The van der Waals surface area contributed by atoms with Gasteiger partial charge in [-0.05, 0) is 63.3 Å². The van der Waals surface area contributed by atoms with Crippen LogP contribution >= 0.6 is 11.6 Å². The van der Waals surface area contributed by atoms with E-state index in [9.17, 15) is 9.59 Å². The summed E-state index contributed by atoms with van der Waals surface area (Å²) in [5.74, 6) is 1.11. The van der Waals surface area contributed by atoms with E-state index in [1.165, 1.54) is 7.11 Å². The molecule has 9 heteroatoms. The minimum Gasteiger partial charge on any atom is -0.493 e. The molecule has 1 aromatic heterocycles. The molecule has 1 saturated heterocycles. The van der Waals surface area contributed by atoms with Gasteiger partial charge in [0.2, 0.25) is 0 Å². The molecule has 5 rings (SSSR count). The Hall–Kier alpha value is -3.23. The summed E-state index contributed by atoms with van der Waals surface area (Å²) in [6, 6.07) is 13.1. The molecule has 2 aliphatic rings. The molecule has 208 valence electrons. The van der Waals surface area contributed by atoms with Gasteiger partial charge in [-0.15, -0.1) is 0 Å². The summed E-state index contributed by atoms with van der Waals surface area (Å²) in [5.41, 5.74) is 0.488. The highest BCUT2D eigenvalue weighted by atomic mass is 35.5. The van der Waals surface area contributed by atoms with E-state index >= 15 is 0 Å². The maximum atomic E-state index is 14.1. The molecule has 3 heterocycles. The lowest BCUT2D eigenvalue weighted by atomic mass is 9.90. The Bertz CT molecular complexity index is 1350. The van der Waals surface area contributed by atoms with E-state index in [1.807, 2.05) is 36.9 Å². The van der Waals surface area contributed by atoms with E-state index in [4.69, 9.17) is 30.2 Å². The van der Waals surface area contributed by atoms with Crippen molar-refractivity contribution >= 4 is 34.4 Å². The zero-order valence-corrected chi connectivity index (χ0v) is 23.5. The minimum atomic E-state index is -1.14. The molecule has 1 atom stereocenters. The quantitative estimate of drug-likeness (QED) is 0.434. The van der Waals surface area contributed by atoms with Crippen molar-refractivity contribution in [2.45, 2.75) is 51.2 Å². The summed E-state index contributed by atoms with van der Waals surface area (Å²) in [7, 11) is 1.53. The number of amides is 2. The van der Waals surface area contributed by atoms with Crippen molar-refractivity contribution in [2.24, 2.45) is 0 Å². The molecule has 1 unspecified atom stereocenters. The van der Waals surface area contributed by atoms with Gasteiger partial charge in [-0.2, -0.15) is 0 Å². The van der Waals surface area contributed by atoms with Gasteiger partial charge >= 0.3 is 0 Å². The predicted molar refractivity (Wildman–Crippen MR) is 149 cm³/mol. The van der Waals surface area contributed by atoms with Gasteiger partial charge < -0.3 is 28.4 Å². The zero-order chi connectivity index (χ0) is 27.6. The van der Waals surface area contributed by atoms with Crippen LogP contribution < -0.4 is 9.47 Å². The number of halogens is 1. The second-order valence-corrected chi connectivity index (χ2v) is 10.9. The van der Waals surface area contributed by atoms with Gasteiger partial charge in [0.25, 0.3) is 11.8 Å². The first-order chi connectivity index (χ1) is 18.8. The smallest absolute Gasteiger partial charge is 0.289 e. The van der Waals surface area contributed by atoms with Gasteiger partial charge in [0.15, 0.2) is 22.7 Å². The van der Waals surface area contributed by atoms with E-state index in [1.54, 1.807) is 23.1 Å². The molecule has 2 amide bonds. The normalized spacial score (nSPS) is 20.9. The fourth-order valence-corrected chi connectivity index (χ4v) is 5.75. The number of hydrogen-bond acceptors (Lipinski definition) is 6. The van der Waals surface area contributed by atoms with Gasteiger partial charge in [-0.25, -0.2) is 0 Å². The van der Waals surface area contributed by atoms with E-state index in [0.29, 0.717) is 47.9 Å². The summed E-state index contributed by atoms with van der Waals surface area (Å²) >= 11 is 6.21. The number of furan rings is 1. The number of para-hydroxylation sites is 1. The highest BCUT2D eigenvalue weighted by Gasteiger charge is 2.47. The molecular formula is C30H35ClN2O6. The maximum absolute atomic E-state index is 14.1. The van der Waals surface area contributed by atoms with E-state index < -0.39 is 5.60 Å². The van der Waals surface area contributed by atoms with Crippen molar-refractivity contribution in [2.75, 3.05) is 40.0 Å². The summed E-state index contributed by atoms with van der Waals surface area (Å²) in [6.07, 6.45) is 3.01. The molecule has 0 radical (unpaired) electrons. The third kappa shape index (κ3) is 5.58. The average Bonchev–Trinajstić information content (AvgIpc) is 3.36. The van der Waals surface area contributed by atoms with Crippen LogP contribution in [0.2, 0.25) is 5.02 Å². The first-order valence-corrected chi connectivity index (χ1v) is 13.9. The largest absolute Gasteiger partial charge is 0.493 e. The molecule has 0 aliphatic carbocycles. The molecule has 2 aliphatic heterocycles. The second-order valence-electron chi connectivity index (χ2n) is 10.5. The lowest BCUT2D eigenvalue weighted by Crippen LogP contribution is -2.63. The predicted octanol–water partition coefficient (Wildman–Crippen LogP) is 5.35. The van der Waals surface area contributed by atoms with Gasteiger partial charge in [-0.3, -0.25) is 9.59 Å². The van der Waals surface area contributed by atoms with Gasteiger partial charge in [0.1, 0.15) is 12.4 Å². The molecule has 1 spiro atoms. The van der Waals surface area contributed by atoms with Crippen molar-refractivity contribution in [3.8, 4) is 11.5 Å². The van der Waals surface area contributed by atoms with E-state index in [-0.39, 0.29) is 36.8 Å². The number of carbonyl (C=O) groups is 2. The van der Waals surface area contributed by atoms with E-state index in [2.05, 4.69) is 6.07 Å². The highest BCUT2D eigenvalue weighted by molar-refractivity contribution is 6.31. The van der Waals surface area contributed by atoms with Crippen LogP contribution in [0.25, 0.3) is 11.0 Å². The van der Waals surface area contributed by atoms with Gasteiger partial charge in [0.05, 0.1) is 26.8 Å². The molecule has 39 heavy (non-hydrogen) atoms. The monoisotopic (exact) mass is 554 g/mol. The number of carbonyl (C=O) groups excluding carboxylic acids is 2. The van der Waals surface area contributed by atoms with Gasteiger partial charge in [-0.1, -0.05) is 29.8 Å². The molecule has 1 fully saturated rings. The van der Waals surface area contributed by atoms with Crippen molar-refractivity contribution in [1.29, 1.82) is 0 Å². The number of methoxy groups -OCH3 is 1. The zero-order valence-electron chi connectivity index (χ0n) is 22.7. The summed E-state index contributed by atoms with van der Waals surface area (Å²) < 4.78 is 23.7. The maximum Gasteiger partial charge on any atom is 0.289 e. The molecular weight excluding hydrogens is 520 g/mol. The molecule has 0 saturated carbocycles. The number of aryl methyl sites for hydroxylation is 1. The van der Waals surface area contributed by atoms with Crippen LogP contribution in [0.3, 0.4) is 0 Å². The van der Waals surface area contributed by atoms with Gasteiger partial charge in [0, 0.05) is 29.1 Å². The van der Waals surface area contributed by atoms with E-state index in [0.717, 1.165) is 30.6 Å². The van der Waals surface area contributed by atoms with Crippen LogP contribution in [0.15, 0.2) is 46.9 Å². The van der Waals surface area contributed by atoms with Crippen molar-refractivity contribution in [3.05, 3.63) is 58.8 Å². The molecule has 0 bridgehead atoms. The average molecular weight is 555 g/mol. The van der Waals surface area contributed by atoms with Crippen LogP contribution in [-0.4, -0.2) is 73.2 Å². The number of morpholine rings is 1. The summed E-state index contributed by atoms with van der Waals surface area (Å²) in [5, 5.41) is 1.17. The molecule has 0 N–H and O–H groups in total. The third-order valence-corrected chi connectivity index (χ3v) is 7.78. The fraction of sp³-hybridized carbons (Fsp3) is 0.467. The minimum absolute atomic E-state index is 0.0570. The number of rotatable bonds is 3.